The third kappa shape index (κ3) is 27.8. The molecule has 0 saturated carbocycles. The summed E-state index contributed by atoms with van der Waals surface area (Å²) < 4.78 is 0. The molecule has 38 heavy (non-hydrogen) atoms. The second-order valence-electron chi connectivity index (χ2n) is 11.6. The zero-order valence-electron chi connectivity index (χ0n) is 25.9. The Balaban J connectivity index is 3.56. The van der Waals surface area contributed by atoms with Gasteiger partial charge in [-0.2, -0.15) is 0 Å². The number of aldehydes is 1. The number of allylic oxidation sites excluding steroid dienone is 4. The Morgan fingerprint density at radius 1 is 0.474 bits per heavy atom. The fourth-order valence-electron chi connectivity index (χ4n) is 5.14. The van der Waals surface area contributed by atoms with Crippen LogP contribution in [0.5, 0.6) is 0 Å². The molecule has 0 N–H and O–H groups in total. The lowest BCUT2D eigenvalue weighted by Gasteiger charge is -2.05. The summed E-state index contributed by atoms with van der Waals surface area (Å²) in [6.07, 6.45) is 43.7. The van der Waals surface area contributed by atoms with Crippen LogP contribution in [0.2, 0.25) is 0 Å². The largest absolute Gasteiger partial charge is 0.303 e. The van der Waals surface area contributed by atoms with E-state index in [2.05, 4.69) is 26.0 Å². The van der Waals surface area contributed by atoms with Crippen LogP contribution < -0.4 is 0 Å². The number of unbranched alkanes of at least 4 members (excludes halogenated alkanes) is 23. The molecule has 0 spiro atoms. The Morgan fingerprint density at radius 2 is 0.816 bits per heavy atom. The van der Waals surface area contributed by atoms with E-state index in [-0.39, 0.29) is 5.78 Å². The van der Waals surface area contributed by atoms with Crippen molar-refractivity contribution < 1.29 is 9.59 Å². The van der Waals surface area contributed by atoms with Crippen molar-refractivity contribution in [3.8, 4) is 0 Å². The molecular formula is C36H66O2. The molecule has 2 nitrogen and oxygen atoms in total. The van der Waals surface area contributed by atoms with Crippen LogP contribution in [0.3, 0.4) is 0 Å². The van der Waals surface area contributed by atoms with Crippen LogP contribution in [0.4, 0.5) is 0 Å². The molecule has 0 saturated heterocycles. The third-order valence-electron chi connectivity index (χ3n) is 7.81. The second-order valence-corrected chi connectivity index (χ2v) is 11.6. The van der Waals surface area contributed by atoms with Crippen LogP contribution in [0.25, 0.3) is 0 Å². The minimum atomic E-state index is -0.455. The Kier molecular flexibility index (Phi) is 31.0. The summed E-state index contributed by atoms with van der Waals surface area (Å²) in [6, 6.07) is 0. The molecule has 0 aliphatic carbocycles. The van der Waals surface area contributed by atoms with E-state index in [9.17, 15) is 9.59 Å². The molecule has 0 rings (SSSR count). The van der Waals surface area contributed by atoms with Crippen LogP contribution in [0, 0.1) is 5.92 Å². The molecular weight excluding hydrogens is 464 g/mol. The van der Waals surface area contributed by atoms with Gasteiger partial charge in [-0.05, 0) is 51.0 Å². The Labute approximate surface area is 238 Å². The lowest BCUT2D eigenvalue weighted by Crippen LogP contribution is -2.13. The summed E-state index contributed by atoms with van der Waals surface area (Å²) in [5, 5.41) is 0. The predicted molar refractivity (Wildman–Crippen MR) is 169 cm³/mol. The minimum absolute atomic E-state index is 0.00614. The van der Waals surface area contributed by atoms with Gasteiger partial charge in [-0.25, -0.2) is 0 Å². The van der Waals surface area contributed by atoms with Gasteiger partial charge in [0, 0.05) is 0 Å². The number of ketones is 1. The van der Waals surface area contributed by atoms with E-state index >= 15 is 0 Å². The molecule has 0 aromatic rings. The van der Waals surface area contributed by atoms with Crippen LogP contribution >= 0.6 is 0 Å². The van der Waals surface area contributed by atoms with Gasteiger partial charge >= 0.3 is 0 Å². The number of hydrogen-bond donors (Lipinski definition) is 0. The van der Waals surface area contributed by atoms with Gasteiger partial charge in [-0.15, -0.1) is 0 Å². The van der Waals surface area contributed by atoms with Crippen molar-refractivity contribution in [2.24, 2.45) is 5.92 Å². The van der Waals surface area contributed by atoms with Crippen LogP contribution in [0.1, 0.15) is 187 Å². The SMILES string of the molecule is CCCCCCCCCCCC=CCCCC(C=O)C(=O)C=CCCCCCCCCCCCCCCC. The van der Waals surface area contributed by atoms with Gasteiger partial charge in [-0.1, -0.05) is 160 Å². The number of carbonyl (C=O) groups is 2. The van der Waals surface area contributed by atoms with Gasteiger partial charge in [0.1, 0.15) is 6.29 Å². The second kappa shape index (κ2) is 32.0. The van der Waals surface area contributed by atoms with Crippen molar-refractivity contribution in [2.75, 3.05) is 0 Å². The Hall–Kier alpha value is -1.18. The van der Waals surface area contributed by atoms with Gasteiger partial charge in [-0.3, -0.25) is 4.79 Å². The molecule has 2 heteroatoms. The number of carbonyl (C=O) groups excluding carboxylic acids is 2. The molecule has 0 aromatic carbocycles. The fourth-order valence-corrected chi connectivity index (χ4v) is 5.14. The van der Waals surface area contributed by atoms with Crippen LogP contribution in [-0.4, -0.2) is 12.1 Å². The van der Waals surface area contributed by atoms with Gasteiger partial charge in [0.2, 0.25) is 0 Å². The normalized spacial score (nSPS) is 12.6. The molecule has 0 amide bonds. The predicted octanol–water partition coefficient (Wildman–Crippen LogP) is 12.1. The number of hydrogen-bond acceptors (Lipinski definition) is 2. The Bertz CT molecular complexity index is 548. The fraction of sp³-hybridized carbons (Fsp3) is 0.833. The molecule has 0 radical (unpaired) electrons. The maximum absolute atomic E-state index is 12.3. The van der Waals surface area contributed by atoms with E-state index in [1.54, 1.807) is 6.08 Å². The van der Waals surface area contributed by atoms with Crippen molar-refractivity contribution in [2.45, 2.75) is 187 Å². The molecule has 1 unspecified atom stereocenters. The summed E-state index contributed by atoms with van der Waals surface area (Å²) in [4.78, 5) is 23.7. The molecule has 0 aliphatic heterocycles. The molecule has 0 aliphatic rings. The summed E-state index contributed by atoms with van der Waals surface area (Å²) in [5.41, 5.74) is 0. The molecule has 0 heterocycles. The molecule has 1 atom stereocenters. The first-order valence-electron chi connectivity index (χ1n) is 17.1. The average molecular weight is 531 g/mol. The first-order chi connectivity index (χ1) is 18.8. The smallest absolute Gasteiger partial charge is 0.165 e. The highest BCUT2D eigenvalue weighted by molar-refractivity contribution is 6.00. The van der Waals surface area contributed by atoms with E-state index < -0.39 is 5.92 Å². The van der Waals surface area contributed by atoms with Crippen LogP contribution in [-0.2, 0) is 9.59 Å². The van der Waals surface area contributed by atoms with E-state index in [4.69, 9.17) is 0 Å². The van der Waals surface area contributed by atoms with Crippen molar-refractivity contribution in [1.82, 2.24) is 0 Å². The highest BCUT2D eigenvalue weighted by atomic mass is 16.1. The van der Waals surface area contributed by atoms with Gasteiger partial charge < -0.3 is 4.79 Å². The molecule has 222 valence electrons. The van der Waals surface area contributed by atoms with Crippen LogP contribution in [0.15, 0.2) is 24.3 Å². The first-order valence-corrected chi connectivity index (χ1v) is 17.1. The highest BCUT2D eigenvalue weighted by Gasteiger charge is 2.13. The van der Waals surface area contributed by atoms with Crippen molar-refractivity contribution in [3.63, 3.8) is 0 Å². The maximum atomic E-state index is 12.3. The zero-order chi connectivity index (χ0) is 27.8. The van der Waals surface area contributed by atoms with E-state index in [0.29, 0.717) is 6.42 Å². The van der Waals surface area contributed by atoms with E-state index in [1.807, 2.05) is 6.08 Å². The minimum Gasteiger partial charge on any atom is -0.303 e. The van der Waals surface area contributed by atoms with Gasteiger partial charge in [0.05, 0.1) is 5.92 Å². The first kappa shape index (κ1) is 36.8. The van der Waals surface area contributed by atoms with E-state index in [0.717, 1.165) is 38.4 Å². The van der Waals surface area contributed by atoms with Crippen molar-refractivity contribution in [1.29, 1.82) is 0 Å². The monoisotopic (exact) mass is 531 g/mol. The number of rotatable bonds is 31. The van der Waals surface area contributed by atoms with Crippen molar-refractivity contribution >= 4 is 12.1 Å². The quantitative estimate of drug-likeness (QED) is 0.0293. The summed E-state index contributed by atoms with van der Waals surface area (Å²) >= 11 is 0. The zero-order valence-corrected chi connectivity index (χ0v) is 25.9. The van der Waals surface area contributed by atoms with Crippen molar-refractivity contribution in [3.05, 3.63) is 24.3 Å². The lowest BCUT2D eigenvalue weighted by molar-refractivity contribution is -0.124. The summed E-state index contributed by atoms with van der Waals surface area (Å²) in [6.45, 7) is 4.55. The molecule has 0 bridgehead atoms. The maximum Gasteiger partial charge on any atom is 0.165 e. The standard InChI is InChI=1S/C36H66O2/c1-3-5-7-9-11-13-15-17-19-21-23-25-27-29-31-33-36(38)35(34-37)32-30-28-26-24-22-20-18-16-14-12-10-8-6-4-2/h24,26,31,33-35H,3-23,25,27-30,32H2,1-2H3. The van der Waals surface area contributed by atoms with E-state index in [1.165, 1.54) is 135 Å². The molecule has 0 aromatic heterocycles. The Morgan fingerprint density at radius 3 is 1.21 bits per heavy atom. The average Bonchev–Trinajstić information content (AvgIpc) is 2.93. The summed E-state index contributed by atoms with van der Waals surface area (Å²) in [5.74, 6) is -0.461. The molecule has 0 fully saturated rings. The third-order valence-corrected chi connectivity index (χ3v) is 7.81. The topological polar surface area (TPSA) is 34.1 Å². The highest BCUT2D eigenvalue weighted by Crippen LogP contribution is 2.14. The lowest BCUT2D eigenvalue weighted by atomic mass is 9.98. The van der Waals surface area contributed by atoms with Gasteiger partial charge in [0.15, 0.2) is 5.78 Å². The summed E-state index contributed by atoms with van der Waals surface area (Å²) in [7, 11) is 0. The van der Waals surface area contributed by atoms with Gasteiger partial charge in [0.25, 0.3) is 0 Å².